The molecule has 2 bridgehead atoms. The Hall–Kier alpha value is -3.84. The number of benzene rings is 2. The van der Waals surface area contributed by atoms with Gasteiger partial charge in [0.05, 0.1) is 24.5 Å². The number of aromatic nitrogens is 3. The van der Waals surface area contributed by atoms with Gasteiger partial charge < -0.3 is 14.8 Å². The van der Waals surface area contributed by atoms with Crippen LogP contribution in [0.4, 0.5) is 0 Å². The third kappa shape index (κ3) is 4.34. The summed E-state index contributed by atoms with van der Waals surface area (Å²) < 4.78 is 5.76. The van der Waals surface area contributed by atoms with E-state index in [0.29, 0.717) is 18.1 Å². The number of pyridine rings is 2. The Morgan fingerprint density at radius 2 is 1.59 bits per heavy atom. The largest absolute Gasteiger partial charge is 0.385 e. The summed E-state index contributed by atoms with van der Waals surface area (Å²) in [4.78, 5) is 15.7. The number of aromatic amines is 1. The van der Waals surface area contributed by atoms with E-state index in [2.05, 4.69) is 69.6 Å². The van der Waals surface area contributed by atoms with Gasteiger partial charge in [-0.3, -0.25) is 9.88 Å². The van der Waals surface area contributed by atoms with Crippen LogP contribution in [0.5, 0.6) is 0 Å². The van der Waals surface area contributed by atoms with Crippen LogP contribution in [0, 0.1) is 0 Å². The molecule has 0 amide bonds. The van der Waals surface area contributed by atoms with Gasteiger partial charge in [-0.2, -0.15) is 0 Å². The molecular weight excluding hydrogens is 544 g/mol. The first-order chi connectivity index (χ1) is 21.6. The van der Waals surface area contributed by atoms with Gasteiger partial charge in [0.25, 0.3) is 0 Å². The number of hydrogen-bond donors (Lipinski definition) is 2. The molecule has 5 heterocycles. The van der Waals surface area contributed by atoms with Crippen LogP contribution in [0.25, 0.3) is 44.5 Å². The van der Waals surface area contributed by atoms with Crippen LogP contribution in [0.1, 0.15) is 55.2 Å². The molecule has 3 aromatic heterocycles. The summed E-state index contributed by atoms with van der Waals surface area (Å²) in [6.45, 7) is 1.83. The van der Waals surface area contributed by atoms with Crippen LogP contribution in [-0.4, -0.2) is 56.3 Å². The molecule has 4 aliphatic rings. The molecule has 2 aliphatic heterocycles. The molecule has 2 aromatic carbocycles. The second-order valence-electron chi connectivity index (χ2n) is 13.4. The molecule has 9 rings (SSSR count). The Morgan fingerprint density at radius 1 is 0.818 bits per heavy atom. The van der Waals surface area contributed by atoms with Gasteiger partial charge in [-0.15, -0.1) is 0 Å². The molecule has 2 saturated heterocycles. The minimum absolute atomic E-state index is 0.646. The number of aliphatic hydroxyl groups is 1. The van der Waals surface area contributed by atoms with Crippen molar-refractivity contribution in [3.63, 3.8) is 0 Å². The molecule has 0 radical (unpaired) electrons. The number of H-pyrrole nitrogens is 1. The van der Waals surface area contributed by atoms with Crippen molar-refractivity contribution in [2.24, 2.45) is 0 Å². The third-order valence-corrected chi connectivity index (χ3v) is 11.0. The van der Waals surface area contributed by atoms with Crippen molar-refractivity contribution < 1.29 is 9.84 Å². The lowest BCUT2D eigenvalue weighted by atomic mass is 9.74. The van der Waals surface area contributed by atoms with Crippen LogP contribution in [0.15, 0.2) is 79.3 Å². The zero-order valence-corrected chi connectivity index (χ0v) is 25.0. The van der Waals surface area contributed by atoms with Crippen LogP contribution in [-0.2, 0) is 23.2 Å². The maximum Gasteiger partial charge on any atom is 0.137 e. The molecule has 44 heavy (non-hydrogen) atoms. The first-order valence-electron chi connectivity index (χ1n) is 16.4. The average Bonchev–Trinajstić information content (AvgIpc) is 3.38. The third-order valence-electron chi connectivity index (χ3n) is 11.0. The SMILES string of the molecule is OC1(c2cccnc2-c2ccc(-c3c[nH]c4ncc(-c5ccc6c(c5)CC[C@@H](N5C7COCC5C7)CC6)cc34)cc2)CCC1. The van der Waals surface area contributed by atoms with Crippen LogP contribution in [0.3, 0.4) is 0 Å². The first kappa shape index (κ1) is 26.6. The molecule has 2 unspecified atom stereocenters. The van der Waals surface area contributed by atoms with Gasteiger partial charge in [-0.1, -0.05) is 48.5 Å². The predicted molar refractivity (Wildman–Crippen MR) is 173 cm³/mol. The van der Waals surface area contributed by atoms with Crippen molar-refractivity contribution in [3.05, 3.63) is 95.9 Å². The normalized spacial score (nSPS) is 24.2. The van der Waals surface area contributed by atoms with E-state index < -0.39 is 5.60 Å². The number of ether oxygens (including phenoxy) is 1. The molecule has 6 heteroatoms. The standard InChI is InChI=1S/C38H38N4O2/c43-38(14-2-15-38)35-3-1-16-39-36(35)26-7-5-25(6-8-26)34-21-41-37-33(34)18-29(20-40-37)28-9-4-24-10-12-30(13-11-27(24)17-28)42-31-19-32(42)23-44-22-31/h1,3-9,16-18,20-21,30-32,43H,2,10-15,19,22-23H2,(H,40,41)/t30-,31?,32?/m0/s1. The minimum Gasteiger partial charge on any atom is -0.385 e. The molecular formula is C38H38N4O2. The van der Waals surface area contributed by atoms with Gasteiger partial charge in [0.15, 0.2) is 0 Å². The number of morpholine rings is 1. The fourth-order valence-corrected chi connectivity index (χ4v) is 8.33. The Labute approximate surface area is 258 Å². The summed E-state index contributed by atoms with van der Waals surface area (Å²) in [5.41, 5.74) is 10.7. The molecule has 3 atom stereocenters. The lowest BCUT2D eigenvalue weighted by molar-refractivity contribution is -0.148. The minimum atomic E-state index is -0.748. The van der Waals surface area contributed by atoms with E-state index in [1.54, 1.807) is 0 Å². The van der Waals surface area contributed by atoms with Gasteiger partial charge in [-0.25, -0.2) is 4.98 Å². The first-order valence-corrected chi connectivity index (χ1v) is 16.4. The van der Waals surface area contributed by atoms with Crippen LogP contribution >= 0.6 is 0 Å². The highest BCUT2D eigenvalue weighted by atomic mass is 16.5. The van der Waals surface area contributed by atoms with Gasteiger partial charge in [-0.05, 0) is 85.8 Å². The highest BCUT2D eigenvalue weighted by Crippen LogP contribution is 2.44. The monoisotopic (exact) mass is 582 g/mol. The van der Waals surface area contributed by atoms with Gasteiger partial charge in [0.2, 0.25) is 0 Å². The van der Waals surface area contributed by atoms with E-state index in [0.717, 1.165) is 89.9 Å². The maximum absolute atomic E-state index is 11.1. The lowest BCUT2D eigenvalue weighted by Crippen LogP contribution is -2.66. The summed E-state index contributed by atoms with van der Waals surface area (Å²) in [7, 11) is 0. The number of nitrogens with one attached hydrogen (secondary N) is 1. The summed E-state index contributed by atoms with van der Waals surface area (Å²) in [6, 6.07) is 23.8. The van der Waals surface area contributed by atoms with E-state index >= 15 is 0 Å². The molecule has 222 valence electrons. The highest BCUT2D eigenvalue weighted by molar-refractivity contribution is 5.96. The van der Waals surface area contributed by atoms with Gasteiger partial charge >= 0.3 is 0 Å². The summed E-state index contributed by atoms with van der Waals surface area (Å²) in [6.07, 6.45) is 14.6. The zero-order chi connectivity index (χ0) is 29.3. The molecule has 6 nitrogen and oxygen atoms in total. The number of fused-ring (bicyclic) bond motifs is 4. The Kier molecular flexibility index (Phi) is 6.26. The number of rotatable bonds is 5. The highest BCUT2D eigenvalue weighted by Gasteiger charge is 2.45. The zero-order valence-electron chi connectivity index (χ0n) is 25.0. The van der Waals surface area contributed by atoms with Crippen molar-refractivity contribution in [2.45, 2.75) is 75.1 Å². The predicted octanol–water partition coefficient (Wildman–Crippen LogP) is 7.05. The molecule has 2 N–H and O–H groups in total. The fourth-order valence-electron chi connectivity index (χ4n) is 8.33. The quantitative estimate of drug-likeness (QED) is 0.217. The van der Waals surface area contributed by atoms with Crippen molar-refractivity contribution in [3.8, 4) is 33.5 Å². The van der Waals surface area contributed by atoms with Crippen molar-refractivity contribution >= 4 is 11.0 Å². The molecule has 2 aliphatic carbocycles. The van der Waals surface area contributed by atoms with Gasteiger partial charge in [0, 0.05) is 64.4 Å². The smallest absolute Gasteiger partial charge is 0.137 e. The molecule has 5 aromatic rings. The second kappa shape index (κ2) is 10.4. The molecule has 0 spiro atoms. The summed E-state index contributed by atoms with van der Waals surface area (Å²) in [5, 5.41) is 12.2. The van der Waals surface area contributed by atoms with E-state index in [1.807, 2.05) is 24.5 Å². The van der Waals surface area contributed by atoms with E-state index in [9.17, 15) is 5.11 Å². The number of hydrogen-bond acceptors (Lipinski definition) is 5. The second-order valence-corrected chi connectivity index (χ2v) is 13.4. The molecule has 3 fully saturated rings. The van der Waals surface area contributed by atoms with Crippen molar-refractivity contribution in [2.75, 3.05) is 13.2 Å². The van der Waals surface area contributed by atoms with Crippen LogP contribution in [0.2, 0.25) is 0 Å². The maximum atomic E-state index is 11.1. The van der Waals surface area contributed by atoms with E-state index in [1.165, 1.54) is 36.0 Å². The van der Waals surface area contributed by atoms with E-state index in [4.69, 9.17) is 9.72 Å². The molecule has 1 saturated carbocycles. The Balaban J connectivity index is 0.985. The average molecular weight is 583 g/mol. The summed E-state index contributed by atoms with van der Waals surface area (Å²) in [5.74, 6) is 0. The topological polar surface area (TPSA) is 74.3 Å². The van der Waals surface area contributed by atoms with Gasteiger partial charge in [0.1, 0.15) is 5.65 Å². The van der Waals surface area contributed by atoms with E-state index in [-0.39, 0.29) is 0 Å². The van der Waals surface area contributed by atoms with Crippen LogP contribution < -0.4 is 0 Å². The lowest BCUT2D eigenvalue weighted by Gasteiger charge is -2.56. The Morgan fingerprint density at radius 3 is 2.36 bits per heavy atom. The Bertz CT molecular complexity index is 1840. The fraction of sp³-hybridized carbons (Fsp3) is 0.368. The number of aryl methyl sites for hydroxylation is 2. The van der Waals surface area contributed by atoms with Crippen molar-refractivity contribution in [1.29, 1.82) is 0 Å². The van der Waals surface area contributed by atoms with Crippen molar-refractivity contribution in [1.82, 2.24) is 19.9 Å². The number of nitrogens with zero attached hydrogens (tertiary/aromatic N) is 3. The summed E-state index contributed by atoms with van der Waals surface area (Å²) >= 11 is 0.